The highest BCUT2D eigenvalue weighted by atomic mass is 79.9. The lowest BCUT2D eigenvalue weighted by atomic mass is 10.1. The molecule has 2 aromatic carbocycles. The zero-order valence-corrected chi connectivity index (χ0v) is 11.2. The summed E-state index contributed by atoms with van der Waals surface area (Å²) >= 11 is 3.64. The zero-order valence-electron chi connectivity index (χ0n) is 9.66. The monoisotopic (exact) mass is 290 g/mol. The Labute approximate surface area is 110 Å². The molecule has 1 aliphatic rings. The molecule has 0 heterocycles. The van der Waals surface area contributed by atoms with Crippen molar-refractivity contribution in [2.75, 3.05) is 6.61 Å². The van der Waals surface area contributed by atoms with Gasteiger partial charge in [-0.25, -0.2) is 0 Å². The average molecular weight is 291 g/mol. The summed E-state index contributed by atoms with van der Waals surface area (Å²) in [5.41, 5.74) is 0. The maximum absolute atomic E-state index is 5.85. The van der Waals surface area contributed by atoms with Gasteiger partial charge in [0.15, 0.2) is 0 Å². The van der Waals surface area contributed by atoms with Gasteiger partial charge in [0.2, 0.25) is 0 Å². The summed E-state index contributed by atoms with van der Waals surface area (Å²) in [5.74, 6) is 1.89. The molecule has 2 heteroatoms. The molecule has 17 heavy (non-hydrogen) atoms. The van der Waals surface area contributed by atoms with E-state index in [-0.39, 0.29) is 0 Å². The Hall–Kier alpha value is -1.02. The summed E-state index contributed by atoms with van der Waals surface area (Å²) in [6.07, 6.45) is 3.98. The first kappa shape index (κ1) is 11.1. The minimum absolute atomic E-state index is 0.835. The highest BCUT2D eigenvalue weighted by Gasteiger charge is 2.20. The third-order valence-electron chi connectivity index (χ3n) is 3.31. The van der Waals surface area contributed by atoms with Gasteiger partial charge < -0.3 is 4.74 Å². The van der Waals surface area contributed by atoms with Gasteiger partial charge in [0, 0.05) is 0 Å². The van der Waals surface area contributed by atoms with Crippen LogP contribution in [-0.2, 0) is 0 Å². The van der Waals surface area contributed by atoms with E-state index in [0.717, 1.165) is 22.7 Å². The standard InChI is InChI=1S/C15H15BrO/c16-15-13-4-2-1-3-12(13)7-8-14(15)17-10-9-11-5-6-11/h1-4,7-8,11H,5-6,9-10H2. The lowest BCUT2D eigenvalue weighted by molar-refractivity contribution is 0.301. The fraction of sp³-hybridized carbons (Fsp3) is 0.333. The van der Waals surface area contributed by atoms with Gasteiger partial charge in [-0.15, -0.1) is 0 Å². The maximum atomic E-state index is 5.85. The summed E-state index contributed by atoms with van der Waals surface area (Å²) in [4.78, 5) is 0. The SMILES string of the molecule is Brc1c(OCCC2CC2)ccc2ccccc12. The van der Waals surface area contributed by atoms with Gasteiger partial charge in [-0.2, -0.15) is 0 Å². The lowest BCUT2D eigenvalue weighted by Gasteiger charge is -2.10. The van der Waals surface area contributed by atoms with Crippen LogP contribution in [0.25, 0.3) is 10.8 Å². The minimum Gasteiger partial charge on any atom is -0.492 e. The first-order chi connectivity index (χ1) is 8.34. The lowest BCUT2D eigenvalue weighted by Crippen LogP contribution is -1.98. The highest BCUT2D eigenvalue weighted by molar-refractivity contribution is 9.10. The van der Waals surface area contributed by atoms with E-state index in [1.54, 1.807) is 0 Å². The number of halogens is 1. The Morgan fingerprint density at radius 2 is 1.94 bits per heavy atom. The van der Waals surface area contributed by atoms with Crippen LogP contribution in [0.4, 0.5) is 0 Å². The highest BCUT2D eigenvalue weighted by Crippen LogP contribution is 2.35. The minimum atomic E-state index is 0.835. The fourth-order valence-corrected chi connectivity index (χ4v) is 2.67. The molecule has 0 amide bonds. The van der Waals surface area contributed by atoms with E-state index in [2.05, 4.69) is 52.3 Å². The molecule has 2 aromatic rings. The number of hydrogen-bond donors (Lipinski definition) is 0. The fourth-order valence-electron chi connectivity index (χ4n) is 2.07. The summed E-state index contributed by atoms with van der Waals surface area (Å²) in [5, 5.41) is 2.46. The van der Waals surface area contributed by atoms with Gasteiger partial charge in [-0.3, -0.25) is 0 Å². The first-order valence-corrected chi connectivity index (χ1v) is 6.94. The third kappa shape index (κ3) is 2.47. The predicted molar refractivity (Wildman–Crippen MR) is 74.5 cm³/mol. The molecule has 3 rings (SSSR count). The summed E-state index contributed by atoms with van der Waals surface area (Å²) in [6, 6.07) is 12.5. The second kappa shape index (κ2) is 4.69. The number of hydrogen-bond acceptors (Lipinski definition) is 1. The second-order valence-electron chi connectivity index (χ2n) is 4.68. The van der Waals surface area contributed by atoms with Crippen molar-refractivity contribution in [2.24, 2.45) is 5.92 Å². The molecule has 0 aromatic heterocycles. The van der Waals surface area contributed by atoms with Crippen molar-refractivity contribution in [3.63, 3.8) is 0 Å². The Balaban J connectivity index is 1.80. The molecule has 0 N–H and O–H groups in total. The predicted octanol–water partition coefficient (Wildman–Crippen LogP) is 4.78. The van der Waals surface area contributed by atoms with Crippen LogP contribution in [-0.4, -0.2) is 6.61 Å². The molecular formula is C15H15BrO. The molecule has 1 saturated carbocycles. The van der Waals surface area contributed by atoms with Crippen molar-refractivity contribution in [1.29, 1.82) is 0 Å². The summed E-state index contributed by atoms with van der Waals surface area (Å²) in [7, 11) is 0. The van der Waals surface area contributed by atoms with E-state index in [1.165, 1.54) is 30.0 Å². The summed E-state index contributed by atoms with van der Waals surface area (Å²) in [6.45, 7) is 0.835. The van der Waals surface area contributed by atoms with Crippen LogP contribution < -0.4 is 4.74 Å². The van der Waals surface area contributed by atoms with E-state index < -0.39 is 0 Å². The number of fused-ring (bicyclic) bond motifs is 1. The smallest absolute Gasteiger partial charge is 0.134 e. The van der Waals surface area contributed by atoms with Gasteiger partial charge in [0.1, 0.15) is 5.75 Å². The average Bonchev–Trinajstić information content (AvgIpc) is 3.17. The van der Waals surface area contributed by atoms with Gasteiger partial charge in [0.25, 0.3) is 0 Å². The van der Waals surface area contributed by atoms with E-state index in [0.29, 0.717) is 0 Å². The van der Waals surface area contributed by atoms with Crippen LogP contribution in [0.3, 0.4) is 0 Å². The molecule has 0 unspecified atom stereocenters. The third-order valence-corrected chi connectivity index (χ3v) is 4.13. The van der Waals surface area contributed by atoms with Crippen LogP contribution in [0, 0.1) is 5.92 Å². The van der Waals surface area contributed by atoms with Crippen molar-refractivity contribution in [1.82, 2.24) is 0 Å². The molecule has 0 radical (unpaired) electrons. The van der Waals surface area contributed by atoms with Crippen molar-refractivity contribution in [3.8, 4) is 5.75 Å². The molecule has 0 saturated heterocycles. The molecular weight excluding hydrogens is 276 g/mol. The normalized spacial score (nSPS) is 15.1. The van der Waals surface area contributed by atoms with E-state index in [4.69, 9.17) is 4.74 Å². The Bertz CT molecular complexity index is 531. The van der Waals surface area contributed by atoms with Crippen LogP contribution in [0.1, 0.15) is 19.3 Å². The Morgan fingerprint density at radius 3 is 2.76 bits per heavy atom. The van der Waals surface area contributed by atoms with Crippen molar-refractivity contribution < 1.29 is 4.74 Å². The van der Waals surface area contributed by atoms with E-state index in [1.807, 2.05) is 0 Å². The second-order valence-corrected chi connectivity index (χ2v) is 5.47. The van der Waals surface area contributed by atoms with Crippen LogP contribution in [0.5, 0.6) is 5.75 Å². The van der Waals surface area contributed by atoms with Gasteiger partial charge >= 0.3 is 0 Å². The summed E-state index contributed by atoms with van der Waals surface area (Å²) < 4.78 is 6.92. The molecule has 1 fully saturated rings. The van der Waals surface area contributed by atoms with Crippen LogP contribution in [0.2, 0.25) is 0 Å². The first-order valence-electron chi connectivity index (χ1n) is 6.14. The molecule has 0 atom stereocenters. The topological polar surface area (TPSA) is 9.23 Å². The Kier molecular flexibility index (Phi) is 3.06. The van der Waals surface area contributed by atoms with E-state index in [9.17, 15) is 0 Å². The van der Waals surface area contributed by atoms with E-state index >= 15 is 0 Å². The molecule has 1 aliphatic carbocycles. The largest absolute Gasteiger partial charge is 0.492 e. The number of rotatable bonds is 4. The van der Waals surface area contributed by atoms with Crippen LogP contribution in [0.15, 0.2) is 40.9 Å². The molecule has 0 bridgehead atoms. The number of ether oxygens (including phenoxy) is 1. The molecule has 0 spiro atoms. The zero-order chi connectivity index (χ0) is 11.7. The van der Waals surface area contributed by atoms with Crippen molar-refractivity contribution >= 4 is 26.7 Å². The van der Waals surface area contributed by atoms with Crippen molar-refractivity contribution in [2.45, 2.75) is 19.3 Å². The number of benzene rings is 2. The van der Waals surface area contributed by atoms with Crippen molar-refractivity contribution in [3.05, 3.63) is 40.9 Å². The maximum Gasteiger partial charge on any atom is 0.134 e. The van der Waals surface area contributed by atoms with Gasteiger partial charge in [0.05, 0.1) is 11.1 Å². The quantitative estimate of drug-likeness (QED) is 0.787. The molecule has 88 valence electrons. The van der Waals surface area contributed by atoms with Gasteiger partial charge in [-0.05, 0) is 45.1 Å². The van der Waals surface area contributed by atoms with Crippen LogP contribution >= 0.6 is 15.9 Å². The Morgan fingerprint density at radius 1 is 1.12 bits per heavy atom. The molecule has 0 aliphatic heterocycles. The molecule has 1 nitrogen and oxygen atoms in total. The van der Waals surface area contributed by atoms with Gasteiger partial charge in [-0.1, -0.05) is 43.2 Å².